The van der Waals surface area contributed by atoms with Crippen LogP contribution in [0.15, 0.2) is 0 Å². The summed E-state index contributed by atoms with van der Waals surface area (Å²) in [4.78, 5) is 0. The van der Waals surface area contributed by atoms with Gasteiger partial charge in [-0.2, -0.15) is 0 Å². The van der Waals surface area contributed by atoms with Gasteiger partial charge in [-0.3, -0.25) is 0 Å². The van der Waals surface area contributed by atoms with Gasteiger partial charge >= 0.3 is 0 Å². The average molecular weight is 198 g/mol. The molecule has 2 N–H and O–H groups in total. The monoisotopic (exact) mass is 198 g/mol. The molecular formula is C12H22O2. The van der Waals surface area contributed by atoms with E-state index in [2.05, 4.69) is 0 Å². The maximum absolute atomic E-state index is 10.5. The quantitative estimate of drug-likeness (QED) is 0.714. The van der Waals surface area contributed by atoms with Gasteiger partial charge in [0, 0.05) is 0 Å². The van der Waals surface area contributed by atoms with Crippen LogP contribution in [0.3, 0.4) is 0 Å². The third-order valence-corrected chi connectivity index (χ3v) is 4.52. The van der Waals surface area contributed by atoms with Gasteiger partial charge in [0.05, 0.1) is 11.2 Å². The number of hydrogen-bond acceptors (Lipinski definition) is 2. The molecule has 1 unspecified atom stereocenters. The summed E-state index contributed by atoms with van der Waals surface area (Å²) in [6.07, 6.45) is 8.34. The van der Waals surface area contributed by atoms with Crippen molar-refractivity contribution in [2.75, 3.05) is 0 Å². The molecule has 0 spiro atoms. The van der Waals surface area contributed by atoms with Crippen molar-refractivity contribution in [1.82, 2.24) is 0 Å². The lowest BCUT2D eigenvalue weighted by atomic mass is 9.73. The van der Waals surface area contributed by atoms with Crippen LogP contribution in [0.5, 0.6) is 0 Å². The van der Waals surface area contributed by atoms with Gasteiger partial charge in [-0.25, -0.2) is 0 Å². The zero-order chi connectivity index (χ0) is 10.2. The molecule has 0 amide bonds. The van der Waals surface area contributed by atoms with Gasteiger partial charge < -0.3 is 10.2 Å². The first-order chi connectivity index (χ1) is 6.56. The summed E-state index contributed by atoms with van der Waals surface area (Å²) in [5.74, 6) is 0.325. The fourth-order valence-electron chi connectivity index (χ4n) is 3.33. The number of rotatable bonds is 2. The van der Waals surface area contributed by atoms with Crippen molar-refractivity contribution in [2.24, 2.45) is 5.92 Å². The molecule has 0 bridgehead atoms. The fourth-order valence-corrected chi connectivity index (χ4v) is 3.33. The molecule has 1 atom stereocenters. The van der Waals surface area contributed by atoms with Crippen LogP contribution in [-0.2, 0) is 0 Å². The molecule has 2 rings (SSSR count). The Morgan fingerprint density at radius 1 is 1.07 bits per heavy atom. The molecule has 2 nitrogen and oxygen atoms in total. The summed E-state index contributed by atoms with van der Waals surface area (Å²) in [7, 11) is 0. The summed E-state index contributed by atoms with van der Waals surface area (Å²) in [6.45, 7) is 1.86. The Morgan fingerprint density at radius 3 is 2.07 bits per heavy atom. The molecule has 0 radical (unpaired) electrons. The zero-order valence-electron chi connectivity index (χ0n) is 9.13. The van der Waals surface area contributed by atoms with Crippen LogP contribution < -0.4 is 0 Å². The lowest BCUT2D eigenvalue weighted by Gasteiger charge is -2.43. The van der Waals surface area contributed by atoms with Crippen molar-refractivity contribution in [3.8, 4) is 0 Å². The van der Waals surface area contributed by atoms with Gasteiger partial charge in [0.15, 0.2) is 0 Å². The molecule has 2 heteroatoms. The molecule has 0 aliphatic heterocycles. The van der Waals surface area contributed by atoms with Crippen molar-refractivity contribution in [2.45, 2.75) is 69.5 Å². The molecule has 2 saturated carbocycles. The number of aliphatic hydroxyl groups is 2. The zero-order valence-corrected chi connectivity index (χ0v) is 9.13. The average Bonchev–Trinajstić information content (AvgIpc) is 2.73. The van der Waals surface area contributed by atoms with Crippen LogP contribution in [0, 0.1) is 5.92 Å². The van der Waals surface area contributed by atoms with Crippen LogP contribution in [0.1, 0.15) is 58.3 Å². The minimum atomic E-state index is -0.847. The molecule has 2 fully saturated rings. The van der Waals surface area contributed by atoms with Crippen molar-refractivity contribution in [1.29, 1.82) is 0 Å². The Bertz CT molecular complexity index is 198. The minimum absolute atomic E-state index is 0.325. The third kappa shape index (κ3) is 1.49. The van der Waals surface area contributed by atoms with Gasteiger partial charge in [0.2, 0.25) is 0 Å². The van der Waals surface area contributed by atoms with E-state index in [1.165, 1.54) is 12.8 Å². The molecule has 0 aromatic heterocycles. The Kier molecular flexibility index (Phi) is 2.61. The largest absolute Gasteiger partial charge is 0.387 e. The van der Waals surface area contributed by atoms with Crippen LogP contribution in [0.4, 0.5) is 0 Å². The third-order valence-electron chi connectivity index (χ3n) is 4.52. The van der Waals surface area contributed by atoms with Gasteiger partial charge in [-0.05, 0) is 38.5 Å². The predicted octanol–water partition coefficient (Wildman–Crippen LogP) is 2.23. The second-order valence-corrected chi connectivity index (χ2v) is 5.37. The molecule has 0 aromatic rings. The van der Waals surface area contributed by atoms with E-state index in [4.69, 9.17) is 0 Å². The highest BCUT2D eigenvalue weighted by atomic mass is 16.4. The fraction of sp³-hybridized carbons (Fsp3) is 1.00. The van der Waals surface area contributed by atoms with Crippen molar-refractivity contribution < 1.29 is 10.2 Å². The highest BCUT2D eigenvalue weighted by molar-refractivity contribution is 5.04. The Hall–Kier alpha value is -0.0800. The van der Waals surface area contributed by atoms with Crippen molar-refractivity contribution in [3.63, 3.8) is 0 Å². The second-order valence-electron chi connectivity index (χ2n) is 5.37. The van der Waals surface area contributed by atoms with E-state index in [1.807, 2.05) is 6.92 Å². The lowest BCUT2D eigenvalue weighted by molar-refractivity contribution is -0.166. The van der Waals surface area contributed by atoms with Gasteiger partial charge in [0.1, 0.15) is 0 Å². The van der Waals surface area contributed by atoms with Crippen LogP contribution >= 0.6 is 0 Å². The van der Waals surface area contributed by atoms with E-state index in [-0.39, 0.29) is 0 Å². The maximum Gasteiger partial charge on any atom is 0.0933 e. The first kappa shape index (κ1) is 10.4. The Morgan fingerprint density at radius 2 is 1.57 bits per heavy atom. The molecule has 2 aliphatic carbocycles. The minimum Gasteiger partial charge on any atom is -0.387 e. The lowest BCUT2D eigenvalue weighted by Crippen LogP contribution is -2.54. The van der Waals surface area contributed by atoms with Gasteiger partial charge in [0.25, 0.3) is 0 Å². The normalized spacial score (nSPS) is 31.9. The molecule has 82 valence electrons. The second kappa shape index (κ2) is 3.49. The summed E-state index contributed by atoms with van der Waals surface area (Å²) >= 11 is 0. The first-order valence-corrected chi connectivity index (χ1v) is 6.01. The first-order valence-electron chi connectivity index (χ1n) is 6.01. The Balaban J connectivity index is 2.12. The summed E-state index contributed by atoms with van der Waals surface area (Å²) in [5.41, 5.74) is -1.64. The van der Waals surface area contributed by atoms with Crippen LogP contribution in [0.25, 0.3) is 0 Å². The summed E-state index contributed by atoms with van der Waals surface area (Å²) < 4.78 is 0. The number of hydrogen-bond donors (Lipinski definition) is 2. The molecular weight excluding hydrogens is 176 g/mol. The maximum atomic E-state index is 10.5. The van der Waals surface area contributed by atoms with Crippen LogP contribution in [-0.4, -0.2) is 21.4 Å². The van der Waals surface area contributed by atoms with E-state index < -0.39 is 11.2 Å². The summed E-state index contributed by atoms with van der Waals surface area (Å²) in [5, 5.41) is 21.0. The molecule has 0 heterocycles. The highest BCUT2D eigenvalue weighted by Gasteiger charge is 2.51. The highest BCUT2D eigenvalue weighted by Crippen LogP contribution is 2.46. The van der Waals surface area contributed by atoms with Gasteiger partial charge in [-0.1, -0.05) is 25.7 Å². The SMILES string of the molecule is CC(O)(C1CCCC1)C1(O)CCCC1. The van der Waals surface area contributed by atoms with Crippen LogP contribution in [0.2, 0.25) is 0 Å². The topological polar surface area (TPSA) is 40.5 Å². The smallest absolute Gasteiger partial charge is 0.0933 e. The molecule has 0 aromatic carbocycles. The summed E-state index contributed by atoms with van der Waals surface area (Å²) in [6, 6.07) is 0. The van der Waals surface area contributed by atoms with Crippen molar-refractivity contribution >= 4 is 0 Å². The van der Waals surface area contributed by atoms with Gasteiger partial charge in [-0.15, -0.1) is 0 Å². The van der Waals surface area contributed by atoms with E-state index in [0.717, 1.165) is 38.5 Å². The van der Waals surface area contributed by atoms with Crippen molar-refractivity contribution in [3.05, 3.63) is 0 Å². The predicted molar refractivity (Wildman–Crippen MR) is 56.0 cm³/mol. The van der Waals surface area contributed by atoms with E-state index in [0.29, 0.717) is 5.92 Å². The standard InChI is InChI=1S/C12H22O2/c1-11(13,10-6-2-3-7-10)12(14)8-4-5-9-12/h10,13-14H,2-9H2,1H3. The Labute approximate surface area is 86.3 Å². The van der Waals surface area contributed by atoms with E-state index in [1.54, 1.807) is 0 Å². The molecule has 2 aliphatic rings. The van der Waals surface area contributed by atoms with E-state index >= 15 is 0 Å². The molecule has 14 heavy (non-hydrogen) atoms. The molecule has 0 saturated heterocycles. The van der Waals surface area contributed by atoms with E-state index in [9.17, 15) is 10.2 Å².